The SMILES string of the molecule is Cn1c(SCc2ccccc2C#N)nnc1-c1ccc(F)cc1. The summed E-state index contributed by atoms with van der Waals surface area (Å²) in [5.74, 6) is 1.04. The summed E-state index contributed by atoms with van der Waals surface area (Å²) in [6.07, 6.45) is 0. The van der Waals surface area contributed by atoms with Gasteiger partial charge in [0.15, 0.2) is 11.0 Å². The summed E-state index contributed by atoms with van der Waals surface area (Å²) in [5.41, 5.74) is 2.44. The van der Waals surface area contributed by atoms with E-state index >= 15 is 0 Å². The lowest BCUT2D eigenvalue weighted by molar-refractivity contribution is 0.628. The van der Waals surface area contributed by atoms with Crippen LogP contribution in [-0.2, 0) is 12.8 Å². The molecule has 6 heteroatoms. The van der Waals surface area contributed by atoms with Crippen molar-refractivity contribution in [2.75, 3.05) is 0 Å². The van der Waals surface area contributed by atoms with Gasteiger partial charge in [-0.25, -0.2) is 4.39 Å². The molecular weight excluding hydrogens is 311 g/mol. The molecule has 23 heavy (non-hydrogen) atoms. The van der Waals surface area contributed by atoms with E-state index in [0.717, 1.165) is 16.3 Å². The number of hydrogen-bond acceptors (Lipinski definition) is 4. The molecule has 0 N–H and O–H groups in total. The first-order valence-corrected chi connectivity index (χ1v) is 7.93. The molecule has 0 bridgehead atoms. The van der Waals surface area contributed by atoms with Gasteiger partial charge in [-0.1, -0.05) is 30.0 Å². The molecule has 3 rings (SSSR count). The number of halogens is 1. The zero-order chi connectivity index (χ0) is 16.2. The van der Waals surface area contributed by atoms with Gasteiger partial charge in [-0.15, -0.1) is 10.2 Å². The van der Waals surface area contributed by atoms with Crippen LogP contribution in [0.15, 0.2) is 53.7 Å². The molecule has 0 fully saturated rings. The van der Waals surface area contributed by atoms with Gasteiger partial charge in [0, 0.05) is 18.4 Å². The topological polar surface area (TPSA) is 54.5 Å². The molecule has 1 heterocycles. The Morgan fingerprint density at radius 2 is 1.87 bits per heavy atom. The van der Waals surface area contributed by atoms with Crippen molar-refractivity contribution in [1.29, 1.82) is 5.26 Å². The molecule has 114 valence electrons. The van der Waals surface area contributed by atoms with E-state index in [1.807, 2.05) is 29.8 Å². The Hall–Kier alpha value is -2.65. The molecule has 0 spiro atoms. The molecular formula is C17H13FN4S. The number of aromatic nitrogens is 3. The molecule has 0 unspecified atom stereocenters. The fraction of sp³-hybridized carbons (Fsp3) is 0.118. The predicted octanol–water partition coefficient (Wildman–Crippen LogP) is 3.79. The normalized spacial score (nSPS) is 10.5. The smallest absolute Gasteiger partial charge is 0.191 e. The minimum absolute atomic E-state index is 0.279. The highest BCUT2D eigenvalue weighted by Crippen LogP contribution is 2.26. The number of rotatable bonds is 4. The number of nitrogens with zero attached hydrogens (tertiary/aromatic N) is 4. The Morgan fingerprint density at radius 1 is 1.13 bits per heavy atom. The van der Waals surface area contributed by atoms with Crippen LogP contribution in [0.4, 0.5) is 4.39 Å². The van der Waals surface area contributed by atoms with E-state index in [2.05, 4.69) is 16.3 Å². The van der Waals surface area contributed by atoms with Crippen molar-refractivity contribution in [3.05, 3.63) is 65.5 Å². The summed E-state index contributed by atoms with van der Waals surface area (Å²) in [6.45, 7) is 0. The van der Waals surface area contributed by atoms with Gasteiger partial charge in [-0.3, -0.25) is 0 Å². The summed E-state index contributed by atoms with van der Waals surface area (Å²) >= 11 is 1.51. The lowest BCUT2D eigenvalue weighted by atomic mass is 10.1. The van der Waals surface area contributed by atoms with E-state index in [1.54, 1.807) is 18.2 Å². The highest BCUT2D eigenvalue weighted by atomic mass is 32.2. The molecule has 0 amide bonds. The van der Waals surface area contributed by atoms with E-state index in [0.29, 0.717) is 17.1 Å². The van der Waals surface area contributed by atoms with Crippen molar-refractivity contribution in [2.24, 2.45) is 7.05 Å². The quantitative estimate of drug-likeness (QED) is 0.685. The van der Waals surface area contributed by atoms with E-state index in [9.17, 15) is 4.39 Å². The zero-order valence-corrected chi connectivity index (χ0v) is 13.2. The number of thioether (sulfide) groups is 1. The van der Waals surface area contributed by atoms with Gasteiger partial charge in [0.05, 0.1) is 11.6 Å². The number of hydrogen-bond donors (Lipinski definition) is 0. The Morgan fingerprint density at radius 3 is 2.61 bits per heavy atom. The maximum absolute atomic E-state index is 13.0. The van der Waals surface area contributed by atoms with Gasteiger partial charge in [-0.2, -0.15) is 5.26 Å². The molecule has 0 aliphatic rings. The van der Waals surface area contributed by atoms with Crippen molar-refractivity contribution in [1.82, 2.24) is 14.8 Å². The van der Waals surface area contributed by atoms with Crippen LogP contribution in [0.1, 0.15) is 11.1 Å². The second-order valence-corrected chi connectivity index (χ2v) is 5.87. The fourth-order valence-electron chi connectivity index (χ4n) is 2.19. The second kappa shape index (κ2) is 6.63. The van der Waals surface area contributed by atoms with E-state index in [1.165, 1.54) is 23.9 Å². The lowest BCUT2D eigenvalue weighted by Gasteiger charge is -2.05. The molecule has 1 aromatic heterocycles. The molecule has 0 atom stereocenters. The Labute approximate surface area is 137 Å². The maximum Gasteiger partial charge on any atom is 0.191 e. The minimum atomic E-state index is -0.279. The average molecular weight is 324 g/mol. The van der Waals surface area contributed by atoms with Gasteiger partial charge in [0.1, 0.15) is 5.82 Å². The van der Waals surface area contributed by atoms with E-state index < -0.39 is 0 Å². The largest absolute Gasteiger partial charge is 0.305 e. The third kappa shape index (κ3) is 3.25. The maximum atomic E-state index is 13.0. The van der Waals surface area contributed by atoms with Crippen molar-refractivity contribution >= 4 is 11.8 Å². The highest BCUT2D eigenvalue weighted by molar-refractivity contribution is 7.98. The summed E-state index contributed by atoms with van der Waals surface area (Å²) < 4.78 is 14.9. The Kier molecular flexibility index (Phi) is 4.40. The first-order valence-electron chi connectivity index (χ1n) is 6.95. The third-order valence-corrected chi connectivity index (χ3v) is 4.50. The van der Waals surface area contributed by atoms with Crippen molar-refractivity contribution in [3.8, 4) is 17.5 Å². The predicted molar refractivity (Wildman–Crippen MR) is 87.1 cm³/mol. The molecule has 0 radical (unpaired) electrons. The van der Waals surface area contributed by atoms with Crippen LogP contribution in [0.3, 0.4) is 0 Å². The van der Waals surface area contributed by atoms with Gasteiger partial charge in [0.2, 0.25) is 0 Å². The molecule has 4 nitrogen and oxygen atoms in total. The van der Waals surface area contributed by atoms with Crippen LogP contribution in [0.25, 0.3) is 11.4 Å². The van der Waals surface area contributed by atoms with E-state index in [4.69, 9.17) is 5.26 Å². The first-order chi connectivity index (χ1) is 11.2. The minimum Gasteiger partial charge on any atom is -0.305 e. The Balaban J connectivity index is 1.80. The van der Waals surface area contributed by atoms with Crippen LogP contribution in [0.5, 0.6) is 0 Å². The summed E-state index contributed by atoms with van der Waals surface area (Å²) in [5, 5.41) is 18.2. The van der Waals surface area contributed by atoms with Crippen molar-refractivity contribution in [3.63, 3.8) is 0 Å². The molecule has 0 aliphatic heterocycles. The van der Waals surface area contributed by atoms with Gasteiger partial charge in [-0.05, 0) is 35.9 Å². The van der Waals surface area contributed by atoms with Crippen molar-refractivity contribution in [2.45, 2.75) is 10.9 Å². The van der Waals surface area contributed by atoms with Gasteiger partial charge < -0.3 is 4.57 Å². The zero-order valence-electron chi connectivity index (χ0n) is 12.4. The van der Waals surface area contributed by atoms with Crippen LogP contribution in [-0.4, -0.2) is 14.8 Å². The van der Waals surface area contributed by atoms with E-state index in [-0.39, 0.29) is 5.82 Å². The third-order valence-electron chi connectivity index (χ3n) is 3.43. The summed E-state index contributed by atoms with van der Waals surface area (Å²) in [7, 11) is 1.87. The fourth-order valence-corrected chi connectivity index (χ4v) is 3.10. The molecule has 0 saturated carbocycles. The highest BCUT2D eigenvalue weighted by Gasteiger charge is 2.12. The second-order valence-electron chi connectivity index (χ2n) is 4.93. The number of benzene rings is 2. The molecule has 2 aromatic carbocycles. The lowest BCUT2D eigenvalue weighted by Crippen LogP contribution is -1.95. The van der Waals surface area contributed by atoms with Gasteiger partial charge >= 0.3 is 0 Å². The summed E-state index contributed by atoms with van der Waals surface area (Å²) in [6, 6.07) is 15.9. The monoisotopic (exact) mass is 324 g/mol. The summed E-state index contributed by atoms with van der Waals surface area (Å²) in [4.78, 5) is 0. The van der Waals surface area contributed by atoms with Gasteiger partial charge in [0.25, 0.3) is 0 Å². The molecule has 3 aromatic rings. The molecule has 0 saturated heterocycles. The average Bonchev–Trinajstić information content (AvgIpc) is 2.95. The van der Waals surface area contributed by atoms with Crippen LogP contribution >= 0.6 is 11.8 Å². The van der Waals surface area contributed by atoms with Crippen LogP contribution in [0, 0.1) is 17.1 Å². The van der Waals surface area contributed by atoms with Crippen LogP contribution < -0.4 is 0 Å². The standard InChI is InChI=1S/C17H13FN4S/c1-22-16(12-6-8-15(18)9-7-12)20-21-17(22)23-11-14-5-3-2-4-13(14)10-19/h2-9H,11H2,1H3. The van der Waals surface area contributed by atoms with Crippen LogP contribution in [0.2, 0.25) is 0 Å². The number of nitriles is 1. The Bertz CT molecular complexity index is 865. The first kappa shape index (κ1) is 15.3. The molecule has 0 aliphatic carbocycles. The van der Waals surface area contributed by atoms with Crippen molar-refractivity contribution < 1.29 is 4.39 Å².